The molecule has 23 heavy (non-hydrogen) atoms. The summed E-state index contributed by atoms with van der Waals surface area (Å²) in [5, 5.41) is 1.85. The molecule has 126 valence electrons. The summed E-state index contributed by atoms with van der Waals surface area (Å²) in [6.45, 7) is 0.387. The summed E-state index contributed by atoms with van der Waals surface area (Å²) in [5.41, 5.74) is -4.01. The van der Waals surface area contributed by atoms with E-state index in [0.717, 1.165) is 0 Å². The van der Waals surface area contributed by atoms with E-state index in [1.54, 1.807) is 0 Å². The van der Waals surface area contributed by atoms with Crippen LogP contribution >= 0.6 is 23.5 Å². The zero-order valence-electron chi connectivity index (χ0n) is 11.9. The molecule has 1 unspecified atom stereocenters. The van der Waals surface area contributed by atoms with Crippen LogP contribution < -0.4 is 5.32 Å². The van der Waals surface area contributed by atoms with E-state index < -0.39 is 22.9 Å². The van der Waals surface area contributed by atoms with Crippen LogP contribution in [0, 0.1) is 0 Å². The minimum Gasteiger partial charge on any atom is -0.467 e. The number of rotatable bonds is 3. The molecule has 0 bridgehead atoms. The van der Waals surface area contributed by atoms with Crippen molar-refractivity contribution >= 4 is 41.2 Å². The maximum Gasteiger partial charge on any atom is 0.446 e. The number of alkyl halides is 3. The van der Waals surface area contributed by atoms with Gasteiger partial charge in [0.15, 0.2) is 5.37 Å². The van der Waals surface area contributed by atoms with Gasteiger partial charge in [-0.2, -0.15) is 13.2 Å². The molecule has 0 spiro atoms. The fourth-order valence-corrected chi connectivity index (χ4v) is 3.59. The molecule has 1 N–H and O–H groups in total. The number of anilines is 1. The van der Waals surface area contributed by atoms with Crippen molar-refractivity contribution in [2.75, 3.05) is 24.7 Å². The third-order valence-electron chi connectivity index (χ3n) is 2.89. The molecule has 1 fully saturated rings. The Morgan fingerprint density at radius 3 is 2.57 bits per heavy atom. The van der Waals surface area contributed by atoms with Crippen LogP contribution in [0.3, 0.4) is 0 Å². The third-order valence-corrected chi connectivity index (χ3v) is 4.81. The van der Waals surface area contributed by atoms with Crippen molar-refractivity contribution in [3.05, 3.63) is 24.3 Å². The number of amides is 2. The molecule has 0 aromatic heterocycles. The number of halogens is 3. The van der Waals surface area contributed by atoms with Gasteiger partial charge < -0.3 is 15.0 Å². The highest BCUT2D eigenvalue weighted by Crippen LogP contribution is 2.37. The minimum atomic E-state index is -4.36. The van der Waals surface area contributed by atoms with Crippen molar-refractivity contribution in [2.24, 2.45) is 0 Å². The first kappa shape index (κ1) is 17.8. The summed E-state index contributed by atoms with van der Waals surface area (Å²) in [4.78, 5) is 25.1. The summed E-state index contributed by atoms with van der Waals surface area (Å²) < 4.78 is 41.4. The highest BCUT2D eigenvalue weighted by atomic mass is 32.2. The van der Waals surface area contributed by atoms with Gasteiger partial charge in [0.05, 0.1) is 7.11 Å². The second kappa shape index (κ2) is 7.35. The van der Waals surface area contributed by atoms with Gasteiger partial charge in [0.2, 0.25) is 0 Å². The van der Waals surface area contributed by atoms with Crippen LogP contribution in [0.1, 0.15) is 0 Å². The molecule has 5 nitrogen and oxygen atoms in total. The van der Waals surface area contributed by atoms with E-state index in [4.69, 9.17) is 0 Å². The van der Waals surface area contributed by atoms with Gasteiger partial charge in [0, 0.05) is 22.9 Å². The first-order chi connectivity index (χ1) is 10.8. The minimum absolute atomic E-state index is 0.0275. The van der Waals surface area contributed by atoms with Gasteiger partial charge in [-0.25, -0.2) is 9.59 Å². The van der Waals surface area contributed by atoms with Crippen LogP contribution in [0.15, 0.2) is 29.2 Å². The molecule has 1 aromatic carbocycles. The Morgan fingerprint density at radius 2 is 2.00 bits per heavy atom. The lowest BCUT2D eigenvalue weighted by Gasteiger charge is -2.22. The van der Waals surface area contributed by atoms with Crippen molar-refractivity contribution in [1.82, 2.24) is 4.90 Å². The summed E-state index contributed by atoms with van der Waals surface area (Å²) in [5.74, 6) is 0.0912. The summed E-state index contributed by atoms with van der Waals surface area (Å²) >= 11 is 1.07. The lowest BCUT2D eigenvalue weighted by molar-refractivity contribution is -0.142. The SMILES string of the molecule is COC(=O)C1SCCN1C(=O)Nc1ccc(SC(F)(F)F)cc1. The number of methoxy groups -OCH3 is 1. The Hall–Kier alpha value is -1.55. The average molecular weight is 366 g/mol. The lowest BCUT2D eigenvalue weighted by atomic mass is 10.3. The van der Waals surface area contributed by atoms with Gasteiger partial charge in [-0.15, -0.1) is 11.8 Å². The van der Waals surface area contributed by atoms with Gasteiger partial charge in [0.25, 0.3) is 0 Å². The summed E-state index contributed by atoms with van der Waals surface area (Å²) in [6, 6.07) is 4.79. The Morgan fingerprint density at radius 1 is 1.35 bits per heavy atom. The molecular weight excluding hydrogens is 353 g/mol. The number of carbonyl (C=O) groups is 2. The second-order valence-corrected chi connectivity index (χ2v) is 6.77. The van der Waals surface area contributed by atoms with Crippen molar-refractivity contribution in [1.29, 1.82) is 0 Å². The molecule has 1 atom stereocenters. The number of hydrogen-bond donors (Lipinski definition) is 1. The van der Waals surface area contributed by atoms with Gasteiger partial charge in [-0.1, -0.05) is 0 Å². The van der Waals surface area contributed by atoms with Crippen LogP contribution in [0.25, 0.3) is 0 Å². The monoisotopic (exact) mass is 366 g/mol. The van der Waals surface area contributed by atoms with Crippen molar-refractivity contribution in [3.8, 4) is 0 Å². The summed E-state index contributed by atoms with van der Waals surface area (Å²) in [7, 11) is 1.24. The van der Waals surface area contributed by atoms with E-state index in [1.165, 1.54) is 48.0 Å². The molecule has 1 saturated heterocycles. The molecule has 2 amide bonds. The van der Waals surface area contributed by atoms with Crippen molar-refractivity contribution < 1.29 is 27.5 Å². The number of esters is 1. The summed E-state index contributed by atoms with van der Waals surface area (Å²) in [6.07, 6.45) is 0. The first-order valence-electron chi connectivity index (χ1n) is 6.43. The molecule has 1 heterocycles. The second-order valence-electron chi connectivity index (χ2n) is 4.44. The van der Waals surface area contributed by atoms with Gasteiger partial charge in [-0.05, 0) is 36.0 Å². The molecule has 1 aliphatic rings. The molecule has 1 aliphatic heterocycles. The van der Waals surface area contributed by atoms with Gasteiger partial charge in [-0.3, -0.25) is 0 Å². The number of thioether (sulfide) groups is 2. The number of urea groups is 1. The molecule has 0 saturated carbocycles. The molecule has 0 radical (unpaired) electrons. The van der Waals surface area contributed by atoms with Crippen molar-refractivity contribution in [3.63, 3.8) is 0 Å². The quantitative estimate of drug-likeness (QED) is 0.657. The van der Waals surface area contributed by atoms with Crippen molar-refractivity contribution in [2.45, 2.75) is 15.8 Å². The average Bonchev–Trinajstić information content (AvgIpc) is 2.96. The molecular formula is C13H13F3N2O3S2. The highest BCUT2D eigenvalue weighted by Gasteiger charge is 2.35. The molecule has 10 heteroatoms. The predicted octanol–water partition coefficient (Wildman–Crippen LogP) is 3.38. The van der Waals surface area contributed by atoms with E-state index in [0.29, 0.717) is 18.0 Å². The van der Waals surface area contributed by atoms with E-state index >= 15 is 0 Å². The van der Waals surface area contributed by atoms with E-state index in [9.17, 15) is 22.8 Å². The van der Waals surface area contributed by atoms with E-state index in [2.05, 4.69) is 10.1 Å². The van der Waals surface area contributed by atoms with Crippen LogP contribution in [0.5, 0.6) is 0 Å². The zero-order chi connectivity index (χ0) is 17.0. The molecule has 0 aliphatic carbocycles. The fourth-order valence-electron chi connectivity index (χ4n) is 1.91. The maximum atomic E-state index is 12.2. The van der Waals surface area contributed by atoms with Crippen LogP contribution in [0.2, 0.25) is 0 Å². The van der Waals surface area contributed by atoms with Crippen LogP contribution in [-0.4, -0.2) is 47.2 Å². The number of hydrogen-bond acceptors (Lipinski definition) is 5. The molecule has 2 rings (SSSR count). The Bertz CT molecular complexity index is 581. The van der Waals surface area contributed by atoms with Crippen LogP contribution in [0.4, 0.5) is 23.7 Å². The number of ether oxygens (including phenoxy) is 1. The molecule has 1 aromatic rings. The maximum absolute atomic E-state index is 12.2. The Labute approximate surface area is 138 Å². The predicted molar refractivity (Wildman–Crippen MR) is 82.3 cm³/mol. The fraction of sp³-hybridized carbons (Fsp3) is 0.385. The standard InChI is InChI=1S/C13H13F3N2O3S2/c1-21-11(19)10-18(6-7-22-10)12(20)17-8-2-4-9(5-3-8)23-13(14,15)16/h2-5,10H,6-7H2,1H3,(H,17,20). The smallest absolute Gasteiger partial charge is 0.446 e. The van der Waals surface area contributed by atoms with Gasteiger partial charge in [0.1, 0.15) is 0 Å². The largest absolute Gasteiger partial charge is 0.467 e. The highest BCUT2D eigenvalue weighted by molar-refractivity contribution is 8.00. The normalized spacial score (nSPS) is 17.9. The van der Waals surface area contributed by atoms with E-state index in [-0.39, 0.29) is 16.7 Å². The number of nitrogens with zero attached hydrogens (tertiary/aromatic N) is 1. The lowest BCUT2D eigenvalue weighted by Crippen LogP contribution is -2.42. The third kappa shape index (κ3) is 4.96. The topological polar surface area (TPSA) is 58.6 Å². The number of benzene rings is 1. The van der Waals surface area contributed by atoms with Gasteiger partial charge >= 0.3 is 17.5 Å². The zero-order valence-corrected chi connectivity index (χ0v) is 13.6. The number of carbonyl (C=O) groups excluding carboxylic acids is 2. The van der Waals surface area contributed by atoms with Crippen LogP contribution in [-0.2, 0) is 9.53 Å². The number of nitrogens with one attached hydrogen (secondary N) is 1. The Balaban J connectivity index is 1.98. The first-order valence-corrected chi connectivity index (χ1v) is 8.29. The Kier molecular flexibility index (Phi) is 5.69. The van der Waals surface area contributed by atoms with E-state index in [1.807, 2.05) is 0 Å².